The van der Waals surface area contributed by atoms with Crippen molar-refractivity contribution in [2.24, 2.45) is 0 Å². The molecule has 37 heavy (non-hydrogen) atoms. The minimum Gasteiger partial charge on any atom is -0.480 e. The molecule has 12 nitrogen and oxygen atoms in total. The summed E-state index contributed by atoms with van der Waals surface area (Å²) in [5.41, 5.74) is 2.31. The Hall–Kier alpha value is -4.87. The number of hydrogen-bond acceptors (Lipinski definition) is 7. The Balaban J connectivity index is 1.36. The van der Waals surface area contributed by atoms with Crippen molar-refractivity contribution in [3.05, 3.63) is 60.7 Å². The molecular weight excluding hydrogens is 482 g/mol. The van der Waals surface area contributed by atoms with Crippen molar-refractivity contribution in [1.29, 1.82) is 0 Å². The third-order valence-electron chi connectivity index (χ3n) is 5.47. The summed E-state index contributed by atoms with van der Waals surface area (Å²) >= 11 is 0. The van der Waals surface area contributed by atoms with Crippen molar-refractivity contribution in [2.75, 3.05) is 17.2 Å². The SMILES string of the molecule is C=CCCOC(=O)N[C@@H](Cc1ccc2c(c1)NC(=O)C(CC(=O)Nc1nc3ccccc3[nH]1)O2)C(=O)O. The largest absolute Gasteiger partial charge is 0.480 e. The van der Waals surface area contributed by atoms with E-state index in [0.717, 1.165) is 5.52 Å². The summed E-state index contributed by atoms with van der Waals surface area (Å²) in [7, 11) is 0. The van der Waals surface area contributed by atoms with Crippen LogP contribution in [0.15, 0.2) is 55.1 Å². The summed E-state index contributed by atoms with van der Waals surface area (Å²) in [5, 5.41) is 17.1. The lowest BCUT2D eigenvalue weighted by Crippen LogP contribution is -2.42. The number of carboxylic acids is 1. The molecule has 0 saturated carbocycles. The average Bonchev–Trinajstić information content (AvgIpc) is 3.26. The van der Waals surface area contributed by atoms with Gasteiger partial charge in [0.25, 0.3) is 5.91 Å². The first kappa shape index (κ1) is 25.2. The van der Waals surface area contributed by atoms with E-state index in [0.29, 0.717) is 28.9 Å². The summed E-state index contributed by atoms with van der Waals surface area (Å²) in [6.07, 6.45) is -0.211. The second kappa shape index (κ2) is 11.2. The van der Waals surface area contributed by atoms with Crippen molar-refractivity contribution in [3.8, 4) is 5.75 Å². The van der Waals surface area contributed by atoms with Gasteiger partial charge in [-0.15, -0.1) is 6.58 Å². The number of aromatic nitrogens is 2. The number of H-pyrrole nitrogens is 1. The molecule has 0 spiro atoms. The van der Waals surface area contributed by atoms with E-state index in [-0.39, 0.29) is 25.4 Å². The van der Waals surface area contributed by atoms with Crippen LogP contribution < -0.4 is 20.7 Å². The van der Waals surface area contributed by atoms with Crippen molar-refractivity contribution in [1.82, 2.24) is 15.3 Å². The minimum absolute atomic E-state index is 0.0572. The maximum Gasteiger partial charge on any atom is 0.407 e. The molecule has 0 radical (unpaired) electrons. The first-order chi connectivity index (χ1) is 17.8. The van der Waals surface area contributed by atoms with Gasteiger partial charge >= 0.3 is 12.1 Å². The van der Waals surface area contributed by atoms with E-state index < -0.39 is 36.0 Å². The van der Waals surface area contributed by atoms with Crippen molar-refractivity contribution in [3.63, 3.8) is 0 Å². The highest BCUT2D eigenvalue weighted by Crippen LogP contribution is 2.31. The molecule has 1 aliphatic rings. The summed E-state index contributed by atoms with van der Waals surface area (Å²) in [6.45, 7) is 3.60. The van der Waals surface area contributed by atoms with Crippen LogP contribution >= 0.6 is 0 Å². The monoisotopic (exact) mass is 507 g/mol. The second-order valence-corrected chi connectivity index (χ2v) is 8.23. The summed E-state index contributed by atoms with van der Waals surface area (Å²) < 4.78 is 10.6. The molecule has 2 atom stereocenters. The van der Waals surface area contributed by atoms with E-state index >= 15 is 0 Å². The Morgan fingerprint density at radius 1 is 1.24 bits per heavy atom. The van der Waals surface area contributed by atoms with Crippen molar-refractivity contribution >= 4 is 46.5 Å². The Bertz CT molecular complexity index is 1320. The molecule has 192 valence electrons. The molecule has 0 aliphatic carbocycles. The summed E-state index contributed by atoms with van der Waals surface area (Å²) in [4.78, 5) is 55.8. The number of hydrogen-bond donors (Lipinski definition) is 5. The number of nitrogens with one attached hydrogen (secondary N) is 4. The van der Waals surface area contributed by atoms with Gasteiger partial charge in [-0.25, -0.2) is 14.6 Å². The maximum absolute atomic E-state index is 12.6. The van der Waals surface area contributed by atoms with Crippen LogP contribution in [0.4, 0.5) is 16.4 Å². The first-order valence-electron chi connectivity index (χ1n) is 11.4. The predicted octanol–water partition coefficient (Wildman–Crippen LogP) is 2.59. The highest BCUT2D eigenvalue weighted by Gasteiger charge is 2.31. The van der Waals surface area contributed by atoms with Gasteiger partial charge in [-0.2, -0.15) is 0 Å². The molecule has 1 aliphatic heterocycles. The van der Waals surface area contributed by atoms with Crippen molar-refractivity contribution in [2.45, 2.75) is 31.4 Å². The van der Waals surface area contributed by atoms with E-state index in [1.807, 2.05) is 18.2 Å². The Kier molecular flexibility index (Phi) is 7.67. The zero-order valence-corrected chi connectivity index (χ0v) is 19.7. The number of benzene rings is 2. The lowest BCUT2D eigenvalue weighted by atomic mass is 10.0. The Labute approximate surface area is 211 Å². The number of ether oxygens (including phenoxy) is 2. The number of aliphatic carboxylic acids is 1. The third kappa shape index (κ3) is 6.42. The van der Waals surface area contributed by atoms with Gasteiger partial charge in [0.2, 0.25) is 11.9 Å². The van der Waals surface area contributed by atoms with Crippen LogP contribution in [0.25, 0.3) is 11.0 Å². The normalized spacial score (nSPS) is 15.0. The zero-order valence-electron chi connectivity index (χ0n) is 19.7. The predicted molar refractivity (Wildman–Crippen MR) is 133 cm³/mol. The number of fused-ring (bicyclic) bond motifs is 2. The highest BCUT2D eigenvalue weighted by atomic mass is 16.5. The topological polar surface area (TPSA) is 172 Å². The average molecular weight is 508 g/mol. The van der Waals surface area contributed by atoms with E-state index in [2.05, 4.69) is 32.5 Å². The lowest BCUT2D eigenvalue weighted by Gasteiger charge is -2.26. The van der Waals surface area contributed by atoms with E-state index in [1.165, 1.54) is 0 Å². The van der Waals surface area contributed by atoms with Crippen LogP contribution in [-0.4, -0.2) is 57.7 Å². The molecule has 5 N–H and O–H groups in total. The standard InChI is InChI=1S/C25H25N5O7/c1-2-3-10-36-25(35)29-18(23(33)34)12-14-8-9-19-17(11-14)26-22(32)20(37-19)13-21(31)30-24-27-15-6-4-5-7-16(15)28-24/h2,4-9,11,18,20H,1,3,10,12-13H2,(H,26,32)(H,29,35)(H,33,34)(H2,27,28,30,31)/t18-,20?/m0/s1. The molecule has 3 amide bonds. The quantitative estimate of drug-likeness (QED) is 0.206. The van der Waals surface area contributed by atoms with Crippen LogP contribution in [-0.2, 0) is 25.5 Å². The van der Waals surface area contributed by atoms with Gasteiger partial charge in [0.05, 0.1) is 29.7 Å². The highest BCUT2D eigenvalue weighted by molar-refractivity contribution is 6.02. The van der Waals surface area contributed by atoms with Gasteiger partial charge in [-0.1, -0.05) is 24.3 Å². The van der Waals surface area contributed by atoms with Crippen LogP contribution in [0, 0.1) is 0 Å². The number of carbonyl (C=O) groups excluding carboxylic acids is 3. The fraction of sp³-hybridized carbons (Fsp3) is 0.240. The molecule has 1 unspecified atom stereocenters. The molecule has 0 fully saturated rings. The molecule has 3 aromatic rings. The van der Waals surface area contributed by atoms with Gasteiger partial charge in [-0.3, -0.25) is 14.9 Å². The number of imidazole rings is 1. The van der Waals surface area contributed by atoms with Gasteiger partial charge in [0, 0.05) is 6.42 Å². The molecule has 12 heteroatoms. The maximum atomic E-state index is 12.6. The molecule has 2 aromatic carbocycles. The lowest BCUT2D eigenvalue weighted by molar-refractivity contribution is -0.139. The number of para-hydroxylation sites is 2. The smallest absolute Gasteiger partial charge is 0.407 e. The number of rotatable bonds is 10. The van der Waals surface area contributed by atoms with E-state index in [4.69, 9.17) is 9.47 Å². The number of amides is 3. The number of nitrogens with zero attached hydrogens (tertiary/aromatic N) is 1. The van der Waals surface area contributed by atoms with Crippen molar-refractivity contribution < 1.29 is 33.8 Å². The van der Waals surface area contributed by atoms with Gasteiger partial charge < -0.3 is 30.2 Å². The fourth-order valence-electron chi connectivity index (χ4n) is 3.68. The number of anilines is 2. The Morgan fingerprint density at radius 3 is 2.81 bits per heavy atom. The third-order valence-corrected chi connectivity index (χ3v) is 5.47. The van der Waals surface area contributed by atoms with Crippen LogP contribution in [0.2, 0.25) is 0 Å². The van der Waals surface area contributed by atoms with E-state index in [1.54, 1.807) is 30.3 Å². The van der Waals surface area contributed by atoms with Crippen LogP contribution in [0.5, 0.6) is 5.75 Å². The molecular formula is C25H25N5O7. The molecule has 0 saturated heterocycles. The van der Waals surface area contributed by atoms with Gasteiger partial charge in [0.1, 0.15) is 11.8 Å². The number of carboxylic acid groups (broad SMARTS) is 1. The number of carbonyl (C=O) groups is 4. The molecule has 0 bridgehead atoms. The fourth-order valence-corrected chi connectivity index (χ4v) is 3.68. The summed E-state index contributed by atoms with van der Waals surface area (Å²) in [6, 6.07) is 10.8. The number of aromatic amines is 1. The first-order valence-corrected chi connectivity index (χ1v) is 11.4. The van der Waals surface area contributed by atoms with Gasteiger partial charge in [0.15, 0.2) is 6.10 Å². The van der Waals surface area contributed by atoms with Gasteiger partial charge in [-0.05, 0) is 36.2 Å². The van der Waals surface area contributed by atoms with Crippen LogP contribution in [0.1, 0.15) is 18.4 Å². The zero-order chi connectivity index (χ0) is 26.4. The molecule has 1 aromatic heterocycles. The summed E-state index contributed by atoms with van der Waals surface area (Å²) in [5.74, 6) is -1.64. The number of alkyl carbamates (subject to hydrolysis) is 1. The van der Waals surface area contributed by atoms with E-state index in [9.17, 15) is 24.3 Å². The van der Waals surface area contributed by atoms with Crippen LogP contribution in [0.3, 0.4) is 0 Å². The molecule has 2 heterocycles. The minimum atomic E-state index is -1.25. The Morgan fingerprint density at radius 2 is 2.05 bits per heavy atom. The molecule has 4 rings (SSSR count). The second-order valence-electron chi connectivity index (χ2n) is 8.23.